The summed E-state index contributed by atoms with van der Waals surface area (Å²) in [5.74, 6) is 0.132. The summed E-state index contributed by atoms with van der Waals surface area (Å²) in [6, 6.07) is 6.99. The summed E-state index contributed by atoms with van der Waals surface area (Å²) in [4.78, 5) is 48.6. The zero-order valence-electron chi connectivity index (χ0n) is 19.0. The quantitative estimate of drug-likeness (QED) is 0.570. The molecule has 2 aliphatic heterocycles. The molecule has 3 amide bonds. The number of thioether (sulfide) groups is 1. The number of para-hydroxylation sites is 1. The van der Waals surface area contributed by atoms with E-state index in [-0.39, 0.29) is 35.9 Å². The lowest BCUT2D eigenvalue weighted by Crippen LogP contribution is -2.46. The van der Waals surface area contributed by atoms with Gasteiger partial charge in [-0.15, -0.1) is 0 Å². The third-order valence-electron chi connectivity index (χ3n) is 6.14. The fourth-order valence-corrected chi connectivity index (χ4v) is 5.26. The van der Waals surface area contributed by atoms with E-state index in [4.69, 9.17) is 4.99 Å². The van der Waals surface area contributed by atoms with Gasteiger partial charge in [0.1, 0.15) is 11.9 Å². The van der Waals surface area contributed by atoms with Crippen molar-refractivity contribution in [2.24, 2.45) is 9.98 Å². The monoisotopic (exact) mass is 469 g/mol. The molecular weight excluding hydrogens is 438 g/mol. The summed E-state index contributed by atoms with van der Waals surface area (Å²) in [5, 5.41) is 6.53. The lowest BCUT2D eigenvalue weighted by atomic mass is 9.95. The second-order valence-corrected chi connectivity index (χ2v) is 9.61. The lowest BCUT2D eigenvalue weighted by Gasteiger charge is -2.31. The van der Waals surface area contributed by atoms with Crippen molar-refractivity contribution < 1.29 is 14.4 Å². The summed E-state index contributed by atoms with van der Waals surface area (Å²) in [7, 11) is 0. The van der Waals surface area contributed by atoms with Gasteiger partial charge < -0.3 is 10.6 Å². The molecule has 0 saturated heterocycles. The van der Waals surface area contributed by atoms with Crippen molar-refractivity contribution in [2.75, 3.05) is 12.3 Å². The first-order valence-electron chi connectivity index (χ1n) is 11.9. The largest absolute Gasteiger partial charge is 0.356 e. The normalized spacial score (nSPS) is 20.0. The molecule has 4 rings (SSSR count). The van der Waals surface area contributed by atoms with Crippen molar-refractivity contribution in [3.8, 4) is 0 Å². The van der Waals surface area contributed by atoms with E-state index in [0.717, 1.165) is 44.1 Å². The molecule has 1 saturated carbocycles. The van der Waals surface area contributed by atoms with Crippen LogP contribution in [0.3, 0.4) is 0 Å². The number of rotatable bonds is 8. The highest BCUT2D eigenvalue weighted by molar-refractivity contribution is 8.14. The minimum absolute atomic E-state index is 0.00552. The van der Waals surface area contributed by atoms with Gasteiger partial charge in [0, 0.05) is 18.2 Å². The molecule has 1 atom stereocenters. The van der Waals surface area contributed by atoms with E-state index < -0.39 is 6.04 Å². The van der Waals surface area contributed by atoms with Gasteiger partial charge in [-0.2, -0.15) is 4.99 Å². The number of amidine groups is 2. The molecule has 33 heavy (non-hydrogen) atoms. The SMILES string of the molecule is CCCCNC(=O)CC1C(=O)N=C2c3ccccc3N=C(SCC(=O)NC3CCCCC3)N21. The number of carbonyl (C=O) groups is 3. The Morgan fingerprint density at radius 2 is 1.91 bits per heavy atom. The number of hydrogen-bond acceptors (Lipinski definition) is 6. The zero-order chi connectivity index (χ0) is 23.2. The molecule has 1 fully saturated rings. The Morgan fingerprint density at radius 3 is 2.70 bits per heavy atom. The number of fused-ring (bicyclic) bond motifs is 3. The Balaban J connectivity index is 1.48. The van der Waals surface area contributed by atoms with E-state index in [9.17, 15) is 14.4 Å². The first-order chi connectivity index (χ1) is 16.1. The minimum atomic E-state index is -0.748. The molecule has 0 radical (unpaired) electrons. The van der Waals surface area contributed by atoms with Gasteiger partial charge in [-0.25, -0.2) is 4.99 Å². The standard InChI is InChI=1S/C24H31N5O3S/c1-2-3-13-25-20(30)14-19-23(32)28-22-17-11-7-8-12-18(17)27-24(29(19)22)33-15-21(31)26-16-9-5-4-6-10-16/h7-8,11-12,16,19H,2-6,9-10,13-15H2,1H3,(H,25,30)(H,26,31). The summed E-state index contributed by atoms with van der Waals surface area (Å²) in [6.45, 7) is 2.64. The predicted octanol–water partition coefficient (Wildman–Crippen LogP) is 3.13. The Kier molecular flexibility index (Phi) is 7.80. The summed E-state index contributed by atoms with van der Waals surface area (Å²) >= 11 is 1.29. The molecule has 1 aliphatic carbocycles. The Bertz CT molecular complexity index is 971. The van der Waals surface area contributed by atoms with E-state index in [0.29, 0.717) is 23.2 Å². The topological polar surface area (TPSA) is 103 Å². The molecule has 3 aliphatic rings. The van der Waals surface area contributed by atoms with Crippen LogP contribution in [-0.2, 0) is 14.4 Å². The highest BCUT2D eigenvalue weighted by Crippen LogP contribution is 2.34. The third kappa shape index (κ3) is 5.63. The fourth-order valence-electron chi connectivity index (χ4n) is 4.40. The van der Waals surface area contributed by atoms with Crippen LogP contribution in [0.2, 0.25) is 0 Å². The van der Waals surface area contributed by atoms with Crippen LogP contribution in [0.1, 0.15) is 63.9 Å². The number of amides is 3. The third-order valence-corrected chi connectivity index (χ3v) is 7.09. The molecule has 0 spiro atoms. The fraction of sp³-hybridized carbons (Fsp3) is 0.542. The van der Waals surface area contributed by atoms with Gasteiger partial charge in [0.15, 0.2) is 5.17 Å². The van der Waals surface area contributed by atoms with E-state index >= 15 is 0 Å². The lowest BCUT2D eigenvalue weighted by molar-refractivity contribution is -0.126. The van der Waals surface area contributed by atoms with Gasteiger partial charge >= 0.3 is 0 Å². The summed E-state index contributed by atoms with van der Waals surface area (Å²) in [5.41, 5.74) is 1.47. The first kappa shape index (κ1) is 23.5. The number of carbonyl (C=O) groups excluding carboxylic acids is 3. The molecule has 176 valence electrons. The first-order valence-corrected chi connectivity index (χ1v) is 12.8. The van der Waals surface area contributed by atoms with E-state index in [1.807, 2.05) is 24.3 Å². The molecule has 2 N–H and O–H groups in total. The number of aliphatic imine (C=N–C) groups is 2. The second-order valence-electron chi connectivity index (χ2n) is 8.67. The Labute approximate surface area is 198 Å². The molecule has 1 unspecified atom stereocenters. The van der Waals surface area contributed by atoms with Crippen molar-refractivity contribution in [2.45, 2.75) is 70.4 Å². The number of nitrogens with zero attached hydrogens (tertiary/aromatic N) is 3. The Hall–Kier alpha value is -2.68. The van der Waals surface area contributed by atoms with Crippen LogP contribution in [0.15, 0.2) is 34.3 Å². The van der Waals surface area contributed by atoms with Crippen LogP contribution in [-0.4, -0.2) is 58.0 Å². The highest BCUT2D eigenvalue weighted by atomic mass is 32.2. The summed E-state index contributed by atoms with van der Waals surface area (Å²) < 4.78 is 0. The van der Waals surface area contributed by atoms with Gasteiger partial charge in [-0.3, -0.25) is 19.3 Å². The molecular formula is C24H31N5O3S. The maximum Gasteiger partial charge on any atom is 0.271 e. The van der Waals surface area contributed by atoms with Gasteiger partial charge in [-0.05, 0) is 31.4 Å². The predicted molar refractivity (Wildman–Crippen MR) is 131 cm³/mol. The average molecular weight is 470 g/mol. The number of unbranched alkanes of at least 4 members (excludes halogenated alkanes) is 1. The van der Waals surface area contributed by atoms with Crippen molar-refractivity contribution in [1.82, 2.24) is 15.5 Å². The second kappa shape index (κ2) is 11.0. The molecule has 0 aromatic heterocycles. The summed E-state index contributed by atoms with van der Waals surface area (Å²) in [6.07, 6.45) is 7.46. The smallest absolute Gasteiger partial charge is 0.271 e. The van der Waals surface area contributed by atoms with E-state index in [1.54, 1.807) is 4.90 Å². The van der Waals surface area contributed by atoms with Gasteiger partial charge in [0.05, 0.1) is 17.9 Å². The molecule has 1 aromatic rings. The van der Waals surface area contributed by atoms with E-state index in [2.05, 4.69) is 22.5 Å². The van der Waals surface area contributed by atoms with E-state index in [1.165, 1.54) is 18.2 Å². The highest BCUT2D eigenvalue weighted by Gasteiger charge is 2.42. The molecule has 9 heteroatoms. The van der Waals surface area contributed by atoms with Gasteiger partial charge in [-0.1, -0.05) is 56.5 Å². The van der Waals surface area contributed by atoms with Crippen molar-refractivity contribution in [3.05, 3.63) is 29.8 Å². The molecule has 8 nitrogen and oxygen atoms in total. The van der Waals surface area contributed by atoms with Crippen molar-refractivity contribution >= 4 is 46.2 Å². The van der Waals surface area contributed by atoms with Gasteiger partial charge in [0.25, 0.3) is 5.91 Å². The Morgan fingerprint density at radius 1 is 1.12 bits per heavy atom. The van der Waals surface area contributed by atoms with Gasteiger partial charge in [0.2, 0.25) is 11.8 Å². The maximum absolute atomic E-state index is 12.8. The number of hydrogen-bond donors (Lipinski definition) is 2. The van der Waals surface area contributed by atoms with Crippen LogP contribution >= 0.6 is 11.8 Å². The van der Waals surface area contributed by atoms with Crippen LogP contribution < -0.4 is 10.6 Å². The molecule has 0 bridgehead atoms. The minimum Gasteiger partial charge on any atom is -0.356 e. The van der Waals surface area contributed by atoms with Crippen LogP contribution in [0.25, 0.3) is 0 Å². The number of nitrogens with one attached hydrogen (secondary N) is 2. The molecule has 1 aromatic carbocycles. The maximum atomic E-state index is 12.8. The average Bonchev–Trinajstić information content (AvgIpc) is 3.14. The zero-order valence-corrected chi connectivity index (χ0v) is 19.8. The van der Waals surface area contributed by atoms with Crippen LogP contribution in [0, 0.1) is 0 Å². The number of benzene rings is 1. The van der Waals surface area contributed by atoms with Crippen LogP contribution in [0.5, 0.6) is 0 Å². The van der Waals surface area contributed by atoms with Crippen molar-refractivity contribution in [3.63, 3.8) is 0 Å². The van der Waals surface area contributed by atoms with Crippen molar-refractivity contribution in [1.29, 1.82) is 0 Å². The van der Waals surface area contributed by atoms with Crippen LogP contribution in [0.4, 0.5) is 5.69 Å². The molecule has 2 heterocycles.